The Labute approximate surface area is 100 Å². The quantitative estimate of drug-likeness (QED) is 0.863. The van der Waals surface area contributed by atoms with Crippen molar-refractivity contribution in [1.29, 1.82) is 0 Å². The van der Waals surface area contributed by atoms with Crippen LogP contribution in [0.3, 0.4) is 0 Å². The van der Waals surface area contributed by atoms with Gasteiger partial charge in [0.05, 0.1) is 6.54 Å². The summed E-state index contributed by atoms with van der Waals surface area (Å²) < 4.78 is 0.878. The Morgan fingerprint density at radius 3 is 2.62 bits per heavy atom. The van der Waals surface area contributed by atoms with Gasteiger partial charge in [-0.15, -0.1) is 0 Å². The van der Waals surface area contributed by atoms with Gasteiger partial charge >= 0.3 is 12.0 Å². The van der Waals surface area contributed by atoms with Gasteiger partial charge in [0.2, 0.25) is 0 Å². The van der Waals surface area contributed by atoms with Crippen LogP contribution in [0.25, 0.3) is 0 Å². The zero-order chi connectivity index (χ0) is 11.7. The van der Waals surface area contributed by atoms with E-state index < -0.39 is 12.0 Å². The second kappa shape index (κ2) is 4.13. The molecule has 5 nitrogen and oxygen atoms in total. The monoisotopic (exact) mass is 284 g/mol. The van der Waals surface area contributed by atoms with Gasteiger partial charge in [0, 0.05) is 10.2 Å². The molecular weight excluding hydrogens is 276 g/mol. The lowest BCUT2D eigenvalue weighted by Gasteiger charge is -2.19. The summed E-state index contributed by atoms with van der Waals surface area (Å²) >= 11 is 3.28. The van der Waals surface area contributed by atoms with Gasteiger partial charge in [-0.25, -0.2) is 9.59 Å². The molecule has 1 aliphatic rings. The van der Waals surface area contributed by atoms with Crippen molar-refractivity contribution in [2.45, 2.75) is 6.04 Å². The SMILES string of the molecule is O=C(O)C1CNC(=O)N1c1ccc(Br)cc1. The molecule has 84 valence electrons. The Hall–Kier alpha value is -1.56. The van der Waals surface area contributed by atoms with Gasteiger partial charge in [0.25, 0.3) is 0 Å². The van der Waals surface area contributed by atoms with Gasteiger partial charge in [-0.05, 0) is 24.3 Å². The number of halogens is 1. The van der Waals surface area contributed by atoms with E-state index in [0.717, 1.165) is 4.47 Å². The molecule has 1 fully saturated rings. The molecule has 1 unspecified atom stereocenters. The molecule has 1 atom stereocenters. The lowest BCUT2D eigenvalue weighted by Crippen LogP contribution is -2.39. The lowest BCUT2D eigenvalue weighted by atomic mass is 10.2. The number of anilines is 1. The van der Waals surface area contributed by atoms with Gasteiger partial charge in [-0.2, -0.15) is 0 Å². The molecule has 1 aliphatic heterocycles. The fourth-order valence-corrected chi connectivity index (χ4v) is 1.86. The Bertz CT molecular complexity index is 432. The standard InChI is InChI=1S/C10H9BrN2O3/c11-6-1-3-7(4-2-6)13-8(9(14)15)5-12-10(13)16/h1-4,8H,5H2,(H,12,16)(H,14,15). The molecule has 0 radical (unpaired) electrons. The Kier molecular flexibility index (Phi) is 2.82. The van der Waals surface area contributed by atoms with Crippen LogP contribution in [0.5, 0.6) is 0 Å². The van der Waals surface area contributed by atoms with E-state index in [4.69, 9.17) is 5.11 Å². The first-order chi connectivity index (χ1) is 7.59. The highest BCUT2D eigenvalue weighted by atomic mass is 79.9. The Morgan fingerprint density at radius 1 is 1.44 bits per heavy atom. The van der Waals surface area contributed by atoms with E-state index in [1.165, 1.54) is 4.90 Å². The maximum Gasteiger partial charge on any atom is 0.328 e. The van der Waals surface area contributed by atoms with Crippen LogP contribution in [0.1, 0.15) is 0 Å². The smallest absolute Gasteiger partial charge is 0.328 e. The van der Waals surface area contributed by atoms with Gasteiger partial charge in [0.15, 0.2) is 6.04 Å². The summed E-state index contributed by atoms with van der Waals surface area (Å²) in [6.07, 6.45) is 0. The molecule has 0 spiro atoms. The second-order valence-corrected chi connectivity index (χ2v) is 4.30. The molecule has 1 aromatic rings. The molecule has 6 heteroatoms. The van der Waals surface area contributed by atoms with Crippen molar-refractivity contribution in [3.8, 4) is 0 Å². The Morgan fingerprint density at radius 2 is 2.06 bits per heavy atom. The number of carboxylic acid groups (broad SMARTS) is 1. The van der Waals surface area contributed by atoms with E-state index in [1.54, 1.807) is 24.3 Å². The van der Waals surface area contributed by atoms with Crippen LogP contribution in [0, 0.1) is 0 Å². The number of aliphatic carboxylic acids is 1. The molecule has 1 saturated heterocycles. The van der Waals surface area contributed by atoms with Crippen molar-refractivity contribution in [3.05, 3.63) is 28.7 Å². The highest BCUT2D eigenvalue weighted by Gasteiger charge is 2.36. The van der Waals surface area contributed by atoms with Gasteiger partial charge in [-0.3, -0.25) is 4.90 Å². The van der Waals surface area contributed by atoms with E-state index in [2.05, 4.69) is 21.2 Å². The van der Waals surface area contributed by atoms with Crippen molar-refractivity contribution < 1.29 is 14.7 Å². The first-order valence-corrected chi connectivity index (χ1v) is 5.44. The van der Waals surface area contributed by atoms with Crippen molar-refractivity contribution in [3.63, 3.8) is 0 Å². The Balaban J connectivity index is 2.33. The highest BCUT2D eigenvalue weighted by Crippen LogP contribution is 2.22. The third-order valence-corrected chi connectivity index (χ3v) is 2.90. The van der Waals surface area contributed by atoms with Crippen LogP contribution in [0.15, 0.2) is 28.7 Å². The molecule has 0 saturated carbocycles. The topological polar surface area (TPSA) is 69.6 Å². The number of carboxylic acids is 1. The molecule has 2 N–H and O–H groups in total. The summed E-state index contributed by atoms with van der Waals surface area (Å²) in [5.74, 6) is -1.01. The molecule has 1 heterocycles. The van der Waals surface area contributed by atoms with Gasteiger partial charge in [0.1, 0.15) is 0 Å². The molecule has 0 bridgehead atoms. The fourth-order valence-electron chi connectivity index (χ4n) is 1.60. The number of nitrogens with one attached hydrogen (secondary N) is 1. The number of nitrogens with zero attached hydrogens (tertiary/aromatic N) is 1. The number of hydrogen-bond donors (Lipinski definition) is 2. The number of benzene rings is 1. The van der Waals surface area contributed by atoms with E-state index in [1.807, 2.05) is 0 Å². The minimum Gasteiger partial charge on any atom is -0.480 e. The first kappa shape index (κ1) is 10.9. The van der Waals surface area contributed by atoms with Gasteiger partial charge < -0.3 is 10.4 Å². The largest absolute Gasteiger partial charge is 0.480 e. The van der Waals surface area contributed by atoms with Crippen molar-refractivity contribution in [2.75, 3.05) is 11.4 Å². The van der Waals surface area contributed by atoms with Gasteiger partial charge in [-0.1, -0.05) is 15.9 Å². The minimum atomic E-state index is -1.01. The molecular formula is C10H9BrN2O3. The third-order valence-electron chi connectivity index (χ3n) is 2.37. The van der Waals surface area contributed by atoms with E-state index in [0.29, 0.717) is 5.69 Å². The summed E-state index contributed by atoms with van der Waals surface area (Å²) in [5, 5.41) is 11.5. The van der Waals surface area contributed by atoms with E-state index >= 15 is 0 Å². The summed E-state index contributed by atoms with van der Waals surface area (Å²) in [6, 6.07) is 5.71. The molecule has 1 aromatic carbocycles. The third kappa shape index (κ3) is 1.88. The van der Waals surface area contributed by atoms with Crippen LogP contribution >= 0.6 is 15.9 Å². The minimum absolute atomic E-state index is 0.129. The number of carbonyl (C=O) groups excluding carboxylic acids is 1. The number of hydrogen-bond acceptors (Lipinski definition) is 2. The average Bonchev–Trinajstić information content (AvgIpc) is 2.62. The zero-order valence-corrected chi connectivity index (χ0v) is 9.77. The van der Waals surface area contributed by atoms with Crippen molar-refractivity contribution in [2.24, 2.45) is 0 Å². The van der Waals surface area contributed by atoms with E-state index in [-0.39, 0.29) is 12.6 Å². The van der Waals surface area contributed by atoms with Crippen LogP contribution in [-0.2, 0) is 4.79 Å². The summed E-state index contributed by atoms with van der Waals surface area (Å²) in [5.41, 5.74) is 0.575. The predicted octanol–water partition coefficient (Wildman–Crippen LogP) is 1.43. The number of rotatable bonds is 2. The zero-order valence-electron chi connectivity index (χ0n) is 8.18. The molecule has 0 aromatic heterocycles. The second-order valence-electron chi connectivity index (χ2n) is 3.39. The summed E-state index contributed by atoms with van der Waals surface area (Å²) in [6.45, 7) is 0.129. The average molecular weight is 285 g/mol. The predicted molar refractivity (Wildman–Crippen MR) is 61.4 cm³/mol. The number of urea groups is 1. The van der Waals surface area contributed by atoms with Crippen molar-refractivity contribution >= 4 is 33.6 Å². The molecule has 2 rings (SSSR count). The normalized spacial score (nSPS) is 19.7. The molecule has 2 amide bonds. The van der Waals surface area contributed by atoms with Crippen LogP contribution < -0.4 is 10.2 Å². The van der Waals surface area contributed by atoms with Crippen molar-refractivity contribution in [1.82, 2.24) is 5.32 Å². The number of carbonyl (C=O) groups is 2. The summed E-state index contributed by atoms with van der Waals surface area (Å²) in [4.78, 5) is 23.7. The highest BCUT2D eigenvalue weighted by molar-refractivity contribution is 9.10. The van der Waals surface area contributed by atoms with Crippen LogP contribution in [-0.4, -0.2) is 29.7 Å². The fraction of sp³-hybridized carbons (Fsp3) is 0.200. The van der Waals surface area contributed by atoms with Crippen LogP contribution in [0.4, 0.5) is 10.5 Å². The van der Waals surface area contributed by atoms with Crippen LogP contribution in [0.2, 0.25) is 0 Å². The maximum absolute atomic E-state index is 11.5. The maximum atomic E-state index is 11.5. The number of amides is 2. The summed E-state index contributed by atoms with van der Waals surface area (Å²) in [7, 11) is 0. The van der Waals surface area contributed by atoms with E-state index in [9.17, 15) is 9.59 Å². The molecule has 16 heavy (non-hydrogen) atoms. The first-order valence-electron chi connectivity index (χ1n) is 4.65. The lowest BCUT2D eigenvalue weighted by molar-refractivity contribution is -0.137. The molecule has 0 aliphatic carbocycles.